The smallest absolute Gasteiger partial charge is 0.408 e. The lowest BCUT2D eigenvalue weighted by Gasteiger charge is -2.35. The van der Waals surface area contributed by atoms with E-state index >= 15 is 0 Å². The summed E-state index contributed by atoms with van der Waals surface area (Å²) in [5.74, 6) is -0.394. The minimum Gasteiger partial charge on any atom is -0.444 e. The van der Waals surface area contributed by atoms with Crippen molar-refractivity contribution in [2.75, 3.05) is 6.54 Å². The predicted molar refractivity (Wildman–Crippen MR) is 156 cm³/mol. The zero-order chi connectivity index (χ0) is 28.9. The molecule has 1 aromatic rings. The molecule has 0 saturated heterocycles. The van der Waals surface area contributed by atoms with Crippen molar-refractivity contribution in [3.05, 3.63) is 42.0 Å². The van der Waals surface area contributed by atoms with Crippen LogP contribution in [0.4, 0.5) is 4.79 Å². The number of ether oxygens (including phenoxy) is 1. The number of rotatable bonds is 15. The van der Waals surface area contributed by atoms with Gasteiger partial charge in [-0.15, -0.1) is 0 Å². The summed E-state index contributed by atoms with van der Waals surface area (Å²) in [5.41, 5.74) is 0.882. The van der Waals surface area contributed by atoms with Crippen LogP contribution in [0.3, 0.4) is 0 Å². The standard InChI is InChI=1S/C31H51N3O4/c1-10-12-13-14-15-19-34(29(36)26(20-22(3)4)33-30(37)38-31(7,8)9)27(28(35)32-23(5)6)25-18-16-17-24(11-2)21-25/h11,16-18,21-23,26-27H,2,10,12-15,19-20H2,1,3-9H3,(H,32,35)(H,33,37). The summed E-state index contributed by atoms with van der Waals surface area (Å²) in [6.45, 7) is 19.6. The molecule has 38 heavy (non-hydrogen) atoms. The second-order valence-corrected chi connectivity index (χ2v) is 11.7. The molecule has 0 aliphatic carbocycles. The Morgan fingerprint density at radius 2 is 1.68 bits per heavy atom. The van der Waals surface area contributed by atoms with Gasteiger partial charge in [0.1, 0.15) is 17.7 Å². The molecule has 0 spiro atoms. The predicted octanol–water partition coefficient (Wildman–Crippen LogP) is 6.63. The number of amides is 3. The van der Waals surface area contributed by atoms with Crippen LogP contribution in [0.15, 0.2) is 30.8 Å². The van der Waals surface area contributed by atoms with Gasteiger partial charge in [-0.1, -0.05) is 77.3 Å². The molecule has 1 aromatic carbocycles. The van der Waals surface area contributed by atoms with Gasteiger partial charge in [0.15, 0.2) is 0 Å². The first-order valence-corrected chi connectivity index (χ1v) is 14.1. The highest BCUT2D eigenvalue weighted by molar-refractivity contribution is 5.92. The first-order chi connectivity index (χ1) is 17.8. The Balaban J connectivity index is 3.50. The minimum atomic E-state index is -0.842. The molecule has 1 rings (SSSR count). The van der Waals surface area contributed by atoms with E-state index < -0.39 is 23.8 Å². The topological polar surface area (TPSA) is 87.7 Å². The van der Waals surface area contributed by atoms with Crippen molar-refractivity contribution >= 4 is 24.0 Å². The van der Waals surface area contributed by atoms with E-state index in [2.05, 4.69) is 24.1 Å². The Labute approximate surface area is 230 Å². The van der Waals surface area contributed by atoms with Gasteiger partial charge in [-0.3, -0.25) is 9.59 Å². The van der Waals surface area contributed by atoms with Crippen molar-refractivity contribution in [3.8, 4) is 0 Å². The van der Waals surface area contributed by atoms with Crippen LogP contribution in [0.1, 0.15) is 111 Å². The molecular weight excluding hydrogens is 478 g/mol. The van der Waals surface area contributed by atoms with Crippen LogP contribution >= 0.6 is 0 Å². The van der Waals surface area contributed by atoms with E-state index in [4.69, 9.17) is 4.74 Å². The van der Waals surface area contributed by atoms with Crippen LogP contribution < -0.4 is 10.6 Å². The number of benzene rings is 1. The summed E-state index contributed by atoms with van der Waals surface area (Å²) in [5, 5.41) is 5.81. The van der Waals surface area contributed by atoms with Gasteiger partial charge in [-0.05, 0) is 70.6 Å². The van der Waals surface area contributed by atoms with Crippen molar-refractivity contribution in [2.24, 2.45) is 5.92 Å². The molecule has 0 aliphatic rings. The third-order valence-electron chi connectivity index (χ3n) is 5.93. The van der Waals surface area contributed by atoms with Crippen LogP contribution in [0.2, 0.25) is 0 Å². The second kappa shape index (κ2) is 16.2. The van der Waals surface area contributed by atoms with Crippen molar-refractivity contribution in [2.45, 2.75) is 118 Å². The lowest BCUT2D eigenvalue weighted by atomic mass is 9.97. The molecule has 3 amide bonds. The summed E-state index contributed by atoms with van der Waals surface area (Å²) in [4.78, 5) is 42.2. The van der Waals surface area contributed by atoms with Gasteiger partial charge in [0.2, 0.25) is 11.8 Å². The first-order valence-electron chi connectivity index (χ1n) is 14.1. The molecule has 0 radical (unpaired) electrons. The highest BCUT2D eigenvalue weighted by Gasteiger charge is 2.36. The van der Waals surface area contributed by atoms with Crippen molar-refractivity contribution in [3.63, 3.8) is 0 Å². The number of unbranched alkanes of at least 4 members (excludes halogenated alkanes) is 4. The van der Waals surface area contributed by atoms with E-state index in [9.17, 15) is 14.4 Å². The Bertz CT molecular complexity index is 905. The minimum absolute atomic E-state index is 0.0968. The summed E-state index contributed by atoms with van der Waals surface area (Å²) >= 11 is 0. The molecule has 0 fully saturated rings. The monoisotopic (exact) mass is 529 g/mol. The second-order valence-electron chi connectivity index (χ2n) is 11.7. The van der Waals surface area contributed by atoms with Crippen LogP contribution in [0.25, 0.3) is 6.08 Å². The summed E-state index contributed by atoms with van der Waals surface area (Å²) in [7, 11) is 0. The Kier molecular flexibility index (Phi) is 14.2. The first kappa shape index (κ1) is 33.2. The molecule has 7 heteroatoms. The molecule has 0 bridgehead atoms. The zero-order valence-electron chi connectivity index (χ0n) is 24.9. The third kappa shape index (κ3) is 12.1. The highest BCUT2D eigenvalue weighted by atomic mass is 16.6. The van der Waals surface area contributed by atoms with Gasteiger partial charge in [-0.2, -0.15) is 0 Å². The average molecular weight is 530 g/mol. The average Bonchev–Trinajstić information content (AvgIpc) is 2.80. The van der Waals surface area contributed by atoms with Gasteiger partial charge in [-0.25, -0.2) is 4.79 Å². The zero-order valence-corrected chi connectivity index (χ0v) is 24.9. The molecule has 0 heterocycles. The lowest BCUT2D eigenvalue weighted by molar-refractivity contribution is -0.143. The molecule has 0 aromatic heterocycles. The van der Waals surface area contributed by atoms with Gasteiger partial charge in [0.25, 0.3) is 0 Å². The molecule has 7 nitrogen and oxygen atoms in total. The molecule has 2 N–H and O–H groups in total. The van der Waals surface area contributed by atoms with Crippen molar-refractivity contribution in [1.29, 1.82) is 0 Å². The largest absolute Gasteiger partial charge is 0.444 e. The van der Waals surface area contributed by atoms with Crippen LogP contribution in [-0.4, -0.2) is 47.0 Å². The maximum absolute atomic E-state index is 14.2. The fraction of sp³-hybridized carbons (Fsp3) is 0.645. The maximum Gasteiger partial charge on any atom is 0.408 e. The maximum atomic E-state index is 14.2. The Hall–Kier alpha value is -2.83. The molecule has 0 aliphatic heterocycles. The fourth-order valence-electron chi connectivity index (χ4n) is 4.29. The van der Waals surface area contributed by atoms with Crippen LogP contribution in [0, 0.1) is 5.92 Å². The SMILES string of the molecule is C=Cc1cccc(C(C(=O)NC(C)C)N(CCCCCCC)C(=O)C(CC(C)C)NC(=O)OC(C)(C)C)c1. The normalized spacial score (nSPS) is 13.1. The van der Waals surface area contributed by atoms with Gasteiger partial charge in [0, 0.05) is 12.6 Å². The molecule has 2 atom stereocenters. The molecule has 214 valence electrons. The quantitative estimate of drug-likeness (QED) is 0.250. The number of hydrogen-bond acceptors (Lipinski definition) is 4. The van der Waals surface area contributed by atoms with E-state index in [1.807, 2.05) is 52.0 Å². The van der Waals surface area contributed by atoms with Crippen molar-refractivity contribution < 1.29 is 19.1 Å². The lowest BCUT2D eigenvalue weighted by Crippen LogP contribution is -2.54. The number of nitrogens with one attached hydrogen (secondary N) is 2. The molecule has 0 saturated carbocycles. The van der Waals surface area contributed by atoms with E-state index in [1.54, 1.807) is 31.7 Å². The molecular formula is C31H51N3O4. The summed E-state index contributed by atoms with van der Waals surface area (Å²) < 4.78 is 5.47. The number of carbonyl (C=O) groups excluding carboxylic acids is 3. The van der Waals surface area contributed by atoms with E-state index in [1.165, 1.54) is 0 Å². The van der Waals surface area contributed by atoms with E-state index in [0.717, 1.165) is 37.7 Å². The summed E-state index contributed by atoms with van der Waals surface area (Å²) in [6, 6.07) is 5.79. The van der Waals surface area contributed by atoms with E-state index in [0.29, 0.717) is 18.5 Å². The Morgan fingerprint density at radius 3 is 2.24 bits per heavy atom. The van der Waals surface area contributed by atoms with Gasteiger partial charge < -0.3 is 20.3 Å². The number of nitrogens with zero attached hydrogens (tertiary/aromatic N) is 1. The third-order valence-corrected chi connectivity index (χ3v) is 5.93. The van der Waals surface area contributed by atoms with Crippen LogP contribution in [-0.2, 0) is 14.3 Å². The summed E-state index contributed by atoms with van der Waals surface area (Å²) in [6.07, 6.45) is 6.54. The van der Waals surface area contributed by atoms with E-state index in [-0.39, 0.29) is 23.8 Å². The fourth-order valence-corrected chi connectivity index (χ4v) is 4.29. The molecule has 2 unspecified atom stereocenters. The van der Waals surface area contributed by atoms with Crippen LogP contribution in [0.5, 0.6) is 0 Å². The number of carbonyl (C=O) groups is 3. The van der Waals surface area contributed by atoms with Crippen molar-refractivity contribution in [1.82, 2.24) is 15.5 Å². The van der Waals surface area contributed by atoms with Gasteiger partial charge >= 0.3 is 6.09 Å². The number of alkyl carbamates (subject to hydrolysis) is 1. The van der Waals surface area contributed by atoms with Gasteiger partial charge in [0.05, 0.1) is 0 Å². The number of hydrogen-bond donors (Lipinski definition) is 2. The highest BCUT2D eigenvalue weighted by Crippen LogP contribution is 2.26. The Morgan fingerprint density at radius 1 is 1.03 bits per heavy atom.